The van der Waals surface area contributed by atoms with Gasteiger partial charge in [-0.2, -0.15) is 0 Å². The van der Waals surface area contributed by atoms with Gasteiger partial charge in [-0.25, -0.2) is 0 Å². The summed E-state index contributed by atoms with van der Waals surface area (Å²) in [5, 5.41) is 19.2. The van der Waals surface area contributed by atoms with Crippen LogP contribution in [0.3, 0.4) is 0 Å². The molecular weight excluding hydrogens is 180 g/mol. The molecular formula is C10H22N2O2. The molecule has 4 heteroatoms. The lowest BCUT2D eigenvalue weighted by Crippen LogP contribution is -2.52. The van der Waals surface area contributed by atoms with E-state index < -0.39 is 0 Å². The van der Waals surface area contributed by atoms with Crippen LogP contribution < -0.4 is 0 Å². The lowest BCUT2D eigenvalue weighted by atomic mass is 10.2. The van der Waals surface area contributed by atoms with E-state index in [1.807, 2.05) is 13.8 Å². The van der Waals surface area contributed by atoms with Gasteiger partial charge < -0.3 is 10.2 Å². The van der Waals surface area contributed by atoms with E-state index >= 15 is 0 Å². The zero-order valence-corrected chi connectivity index (χ0v) is 9.19. The molecule has 0 bridgehead atoms. The highest BCUT2D eigenvalue weighted by molar-refractivity contribution is 4.74. The zero-order valence-electron chi connectivity index (χ0n) is 9.19. The summed E-state index contributed by atoms with van der Waals surface area (Å²) in [6, 6.07) is 0. The lowest BCUT2D eigenvalue weighted by molar-refractivity contribution is -0.0704. The molecule has 14 heavy (non-hydrogen) atoms. The molecule has 2 unspecified atom stereocenters. The summed E-state index contributed by atoms with van der Waals surface area (Å²) in [6.45, 7) is 7.38. The summed E-state index contributed by atoms with van der Waals surface area (Å²) < 4.78 is 0. The van der Waals surface area contributed by atoms with Gasteiger partial charge in [-0.1, -0.05) is 13.8 Å². The molecule has 0 aromatic carbocycles. The quantitative estimate of drug-likeness (QED) is 0.677. The largest absolute Gasteiger partial charge is 0.378 e. The number of rotatable bonds is 4. The second-order valence-corrected chi connectivity index (χ2v) is 3.85. The van der Waals surface area contributed by atoms with Gasteiger partial charge in [0.1, 0.15) is 12.5 Å². The van der Waals surface area contributed by atoms with E-state index in [1.54, 1.807) is 0 Å². The molecule has 0 radical (unpaired) electrons. The first-order valence-electron chi connectivity index (χ1n) is 5.53. The van der Waals surface area contributed by atoms with Gasteiger partial charge in [0.25, 0.3) is 0 Å². The van der Waals surface area contributed by atoms with Crippen LogP contribution in [-0.4, -0.2) is 58.6 Å². The summed E-state index contributed by atoms with van der Waals surface area (Å²) in [6.07, 6.45) is 0.930. The monoisotopic (exact) mass is 202 g/mol. The highest BCUT2D eigenvalue weighted by Gasteiger charge is 2.23. The fourth-order valence-electron chi connectivity index (χ4n) is 1.85. The molecule has 1 aliphatic heterocycles. The molecule has 1 heterocycles. The molecule has 0 aromatic heterocycles. The van der Waals surface area contributed by atoms with Crippen LogP contribution in [0, 0.1) is 0 Å². The first-order chi connectivity index (χ1) is 6.69. The number of nitrogens with zero attached hydrogens (tertiary/aromatic N) is 2. The van der Waals surface area contributed by atoms with Gasteiger partial charge in [0.2, 0.25) is 0 Å². The van der Waals surface area contributed by atoms with Crippen molar-refractivity contribution in [3.8, 4) is 0 Å². The van der Waals surface area contributed by atoms with Crippen LogP contribution in [0.2, 0.25) is 0 Å². The van der Waals surface area contributed by atoms with E-state index in [2.05, 4.69) is 9.80 Å². The summed E-state index contributed by atoms with van der Waals surface area (Å²) in [5.41, 5.74) is 0. The summed E-state index contributed by atoms with van der Waals surface area (Å²) in [5.74, 6) is 0. The van der Waals surface area contributed by atoms with Crippen LogP contribution in [0.4, 0.5) is 0 Å². The van der Waals surface area contributed by atoms with Crippen molar-refractivity contribution in [1.29, 1.82) is 0 Å². The van der Waals surface area contributed by atoms with Crippen molar-refractivity contribution >= 4 is 0 Å². The van der Waals surface area contributed by atoms with Gasteiger partial charge >= 0.3 is 0 Å². The predicted molar refractivity (Wildman–Crippen MR) is 55.7 cm³/mol. The molecule has 2 N–H and O–H groups in total. The van der Waals surface area contributed by atoms with Crippen molar-refractivity contribution < 1.29 is 10.2 Å². The summed E-state index contributed by atoms with van der Waals surface area (Å²) in [7, 11) is 0. The number of aliphatic hydroxyl groups excluding tert-OH is 2. The molecule has 0 amide bonds. The maximum atomic E-state index is 9.61. The summed E-state index contributed by atoms with van der Waals surface area (Å²) >= 11 is 0. The van der Waals surface area contributed by atoms with Crippen LogP contribution in [0.15, 0.2) is 0 Å². The molecule has 2 atom stereocenters. The second kappa shape index (κ2) is 5.66. The Hall–Kier alpha value is -0.160. The molecule has 0 aliphatic carbocycles. The third-order valence-corrected chi connectivity index (χ3v) is 2.92. The molecule has 0 saturated carbocycles. The minimum Gasteiger partial charge on any atom is -0.378 e. The smallest absolute Gasteiger partial charge is 0.107 e. The Kier molecular flexibility index (Phi) is 4.81. The first-order valence-corrected chi connectivity index (χ1v) is 5.53. The fraction of sp³-hybridized carbons (Fsp3) is 1.00. The Morgan fingerprint density at radius 1 is 0.857 bits per heavy atom. The van der Waals surface area contributed by atoms with E-state index in [0.29, 0.717) is 0 Å². The average Bonchev–Trinajstić information content (AvgIpc) is 2.27. The highest BCUT2D eigenvalue weighted by Crippen LogP contribution is 2.10. The first kappa shape index (κ1) is 11.9. The maximum Gasteiger partial charge on any atom is 0.107 e. The molecule has 0 spiro atoms. The molecule has 84 valence electrons. The predicted octanol–water partition coefficient (Wildman–Crippen LogP) is 0.0608. The normalized spacial score (nSPS) is 24.9. The molecule has 1 aliphatic rings. The van der Waals surface area contributed by atoms with Gasteiger partial charge in [-0.3, -0.25) is 9.80 Å². The molecule has 1 rings (SSSR count). The Labute approximate surface area is 86.1 Å². The van der Waals surface area contributed by atoms with Crippen LogP contribution in [0.1, 0.15) is 26.7 Å². The van der Waals surface area contributed by atoms with Crippen molar-refractivity contribution in [2.45, 2.75) is 39.1 Å². The Morgan fingerprint density at radius 2 is 1.14 bits per heavy atom. The van der Waals surface area contributed by atoms with Crippen LogP contribution in [0.25, 0.3) is 0 Å². The van der Waals surface area contributed by atoms with Crippen LogP contribution in [0.5, 0.6) is 0 Å². The Morgan fingerprint density at radius 3 is 1.36 bits per heavy atom. The van der Waals surface area contributed by atoms with Crippen molar-refractivity contribution in [2.75, 3.05) is 26.2 Å². The molecule has 4 nitrogen and oxygen atoms in total. The van der Waals surface area contributed by atoms with Gasteiger partial charge in [-0.15, -0.1) is 0 Å². The third kappa shape index (κ3) is 2.92. The summed E-state index contributed by atoms with van der Waals surface area (Å²) in [4.78, 5) is 4.14. The van der Waals surface area contributed by atoms with Gasteiger partial charge in [0, 0.05) is 26.2 Å². The standard InChI is InChI=1S/C10H22N2O2/c1-3-9(13)11-5-7-12(8-6-11)10(14)4-2/h9-10,13-14H,3-8H2,1-2H3. The minimum absolute atomic E-state index is 0.309. The number of hydrogen-bond acceptors (Lipinski definition) is 4. The third-order valence-electron chi connectivity index (χ3n) is 2.92. The molecule has 1 fully saturated rings. The molecule has 0 aromatic rings. The Bertz CT molecular complexity index is 140. The van der Waals surface area contributed by atoms with E-state index in [4.69, 9.17) is 0 Å². The van der Waals surface area contributed by atoms with Gasteiger partial charge in [0.05, 0.1) is 0 Å². The number of piperazine rings is 1. The number of aliphatic hydroxyl groups is 2. The fourth-order valence-corrected chi connectivity index (χ4v) is 1.85. The van der Waals surface area contributed by atoms with Crippen LogP contribution >= 0.6 is 0 Å². The van der Waals surface area contributed by atoms with Crippen molar-refractivity contribution in [3.05, 3.63) is 0 Å². The van der Waals surface area contributed by atoms with Crippen molar-refractivity contribution in [2.24, 2.45) is 0 Å². The zero-order chi connectivity index (χ0) is 10.6. The van der Waals surface area contributed by atoms with E-state index in [9.17, 15) is 10.2 Å². The second-order valence-electron chi connectivity index (χ2n) is 3.85. The van der Waals surface area contributed by atoms with E-state index in [1.165, 1.54) is 0 Å². The van der Waals surface area contributed by atoms with Gasteiger partial charge in [-0.05, 0) is 12.8 Å². The minimum atomic E-state index is -0.309. The van der Waals surface area contributed by atoms with E-state index in [-0.39, 0.29) is 12.5 Å². The van der Waals surface area contributed by atoms with E-state index in [0.717, 1.165) is 39.0 Å². The average molecular weight is 202 g/mol. The lowest BCUT2D eigenvalue weighted by Gasteiger charge is -2.38. The maximum absolute atomic E-state index is 9.61. The Balaban J connectivity index is 2.31. The van der Waals surface area contributed by atoms with Crippen LogP contribution in [-0.2, 0) is 0 Å². The number of hydrogen-bond donors (Lipinski definition) is 2. The van der Waals surface area contributed by atoms with Crippen molar-refractivity contribution in [3.63, 3.8) is 0 Å². The highest BCUT2D eigenvalue weighted by atomic mass is 16.3. The SMILES string of the molecule is CCC(O)N1CCN(C(O)CC)CC1. The van der Waals surface area contributed by atoms with Gasteiger partial charge in [0.15, 0.2) is 0 Å². The molecule has 1 saturated heterocycles. The van der Waals surface area contributed by atoms with Crippen molar-refractivity contribution in [1.82, 2.24) is 9.80 Å². The topological polar surface area (TPSA) is 46.9 Å².